The van der Waals surface area contributed by atoms with Crippen LogP contribution in [0.5, 0.6) is 0 Å². The van der Waals surface area contributed by atoms with E-state index in [0.29, 0.717) is 0 Å². The van der Waals surface area contributed by atoms with Gasteiger partial charge in [-0.3, -0.25) is 0 Å². The van der Waals surface area contributed by atoms with Crippen molar-refractivity contribution in [2.45, 2.75) is 37.9 Å². The van der Waals surface area contributed by atoms with E-state index in [2.05, 4.69) is 30.6 Å². The van der Waals surface area contributed by atoms with E-state index < -0.39 is 0 Å². The number of hydrogen-bond acceptors (Lipinski definition) is 2. The predicted molar refractivity (Wildman–Crippen MR) is 62.4 cm³/mol. The summed E-state index contributed by atoms with van der Waals surface area (Å²) in [5, 5.41) is 4.24. The summed E-state index contributed by atoms with van der Waals surface area (Å²) in [5.41, 5.74) is 1.35. The van der Waals surface area contributed by atoms with Crippen LogP contribution in [-0.2, 0) is 0 Å². The van der Waals surface area contributed by atoms with Gasteiger partial charge in [0.25, 0.3) is 0 Å². The van der Waals surface area contributed by atoms with Crippen LogP contribution < -0.4 is 5.32 Å². The molecule has 0 aromatic heterocycles. The number of likely N-dealkylation sites (N-methyl/N-ethyl adjacent to an activating group) is 1. The summed E-state index contributed by atoms with van der Waals surface area (Å²) in [6, 6.07) is 0. The van der Waals surface area contributed by atoms with Gasteiger partial charge in [0.15, 0.2) is 0 Å². The van der Waals surface area contributed by atoms with Gasteiger partial charge in [-0.1, -0.05) is 31.9 Å². The van der Waals surface area contributed by atoms with Crippen LogP contribution in [0.4, 0.5) is 0 Å². The molecule has 0 spiro atoms. The molecule has 2 heteroatoms. The highest BCUT2D eigenvalue weighted by Crippen LogP contribution is 2.30. The van der Waals surface area contributed by atoms with Crippen molar-refractivity contribution in [1.29, 1.82) is 0 Å². The van der Waals surface area contributed by atoms with Crippen LogP contribution in [0.1, 0.15) is 32.6 Å². The van der Waals surface area contributed by atoms with E-state index in [0.717, 1.165) is 24.1 Å². The standard InChI is InChI=1S/C11H21NS/c1-3-12-8-10(2)9-13-11-6-4-5-7-11/h11-12H,2-9H2,1H3. The van der Waals surface area contributed by atoms with Crippen molar-refractivity contribution in [3.8, 4) is 0 Å². The van der Waals surface area contributed by atoms with E-state index in [1.807, 2.05) is 0 Å². The van der Waals surface area contributed by atoms with Gasteiger partial charge in [0.2, 0.25) is 0 Å². The third-order valence-corrected chi connectivity index (χ3v) is 3.97. The zero-order valence-electron chi connectivity index (χ0n) is 8.64. The molecular weight excluding hydrogens is 178 g/mol. The lowest BCUT2D eigenvalue weighted by Gasteiger charge is -2.10. The first-order valence-corrected chi connectivity index (χ1v) is 6.36. The molecule has 1 aliphatic rings. The third kappa shape index (κ3) is 4.72. The van der Waals surface area contributed by atoms with Crippen LogP contribution in [0.15, 0.2) is 12.2 Å². The minimum Gasteiger partial charge on any atom is -0.313 e. The fourth-order valence-electron chi connectivity index (χ4n) is 1.64. The molecule has 1 fully saturated rings. The van der Waals surface area contributed by atoms with Crippen molar-refractivity contribution in [2.24, 2.45) is 0 Å². The van der Waals surface area contributed by atoms with Crippen molar-refractivity contribution in [3.05, 3.63) is 12.2 Å². The maximum Gasteiger partial charge on any atom is 0.0170 e. The van der Waals surface area contributed by atoms with E-state index in [1.54, 1.807) is 0 Å². The van der Waals surface area contributed by atoms with Gasteiger partial charge in [-0.2, -0.15) is 11.8 Å². The molecule has 1 aliphatic carbocycles. The molecular formula is C11H21NS. The number of rotatable bonds is 6. The molecule has 0 heterocycles. The smallest absolute Gasteiger partial charge is 0.0170 e. The Hall–Kier alpha value is 0.0500. The van der Waals surface area contributed by atoms with Crippen LogP contribution in [0.25, 0.3) is 0 Å². The third-order valence-electron chi connectivity index (χ3n) is 2.45. The van der Waals surface area contributed by atoms with E-state index in [9.17, 15) is 0 Å². The summed E-state index contributed by atoms with van der Waals surface area (Å²) in [5.74, 6) is 1.15. The second-order valence-corrected chi connectivity index (χ2v) is 5.04. The van der Waals surface area contributed by atoms with Gasteiger partial charge in [0, 0.05) is 17.5 Å². The molecule has 76 valence electrons. The summed E-state index contributed by atoms with van der Waals surface area (Å²) in [7, 11) is 0. The lowest BCUT2D eigenvalue weighted by Crippen LogP contribution is -2.17. The minimum absolute atomic E-state index is 0.929. The Kier molecular flexibility index (Phi) is 5.56. The molecule has 1 rings (SSSR count). The molecule has 13 heavy (non-hydrogen) atoms. The Morgan fingerprint density at radius 2 is 2.15 bits per heavy atom. The maximum absolute atomic E-state index is 4.07. The van der Waals surface area contributed by atoms with Gasteiger partial charge in [-0.25, -0.2) is 0 Å². The van der Waals surface area contributed by atoms with Crippen molar-refractivity contribution in [3.63, 3.8) is 0 Å². The van der Waals surface area contributed by atoms with Crippen LogP contribution in [0.2, 0.25) is 0 Å². The first-order chi connectivity index (χ1) is 6.33. The average molecular weight is 199 g/mol. The monoisotopic (exact) mass is 199 g/mol. The molecule has 0 saturated heterocycles. The second kappa shape index (κ2) is 6.50. The Morgan fingerprint density at radius 1 is 1.46 bits per heavy atom. The molecule has 0 aromatic rings. The molecule has 0 aliphatic heterocycles. The van der Waals surface area contributed by atoms with E-state index in [1.165, 1.54) is 31.3 Å². The fraction of sp³-hybridized carbons (Fsp3) is 0.818. The van der Waals surface area contributed by atoms with Gasteiger partial charge in [-0.05, 0) is 19.4 Å². The highest BCUT2D eigenvalue weighted by Gasteiger charge is 2.14. The van der Waals surface area contributed by atoms with Gasteiger partial charge in [0.05, 0.1) is 0 Å². The lowest BCUT2D eigenvalue weighted by molar-refractivity contribution is 0.778. The molecule has 1 nitrogen and oxygen atoms in total. The normalized spacial score (nSPS) is 17.9. The molecule has 0 bridgehead atoms. The number of thioether (sulfide) groups is 1. The van der Waals surface area contributed by atoms with Crippen molar-refractivity contribution in [1.82, 2.24) is 5.32 Å². The quantitative estimate of drug-likeness (QED) is 0.660. The van der Waals surface area contributed by atoms with Crippen LogP contribution in [0, 0.1) is 0 Å². The topological polar surface area (TPSA) is 12.0 Å². The Morgan fingerprint density at radius 3 is 2.77 bits per heavy atom. The number of hydrogen-bond donors (Lipinski definition) is 1. The minimum atomic E-state index is 0.929. The Bertz CT molecular complexity index is 150. The van der Waals surface area contributed by atoms with Gasteiger partial charge >= 0.3 is 0 Å². The summed E-state index contributed by atoms with van der Waals surface area (Å²) in [6.45, 7) is 8.25. The molecule has 0 aromatic carbocycles. The molecule has 1 N–H and O–H groups in total. The molecule has 0 atom stereocenters. The number of nitrogens with one attached hydrogen (secondary N) is 1. The zero-order valence-corrected chi connectivity index (χ0v) is 9.46. The van der Waals surface area contributed by atoms with Crippen molar-refractivity contribution < 1.29 is 0 Å². The SMILES string of the molecule is C=C(CNCC)CSC1CCCC1. The molecule has 0 radical (unpaired) electrons. The summed E-state index contributed by atoms with van der Waals surface area (Å²) in [4.78, 5) is 0. The average Bonchev–Trinajstić information content (AvgIpc) is 2.64. The highest BCUT2D eigenvalue weighted by atomic mass is 32.2. The summed E-state index contributed by atoms with van der Waals surface area (Å²) in [6.07, 6.45) is 5.74. The van der Waals surface area contributed by atoms with Gasteiger partial charge in [0.1, 0.15) is 0 Å². The fourth-order valence-corrected chi connectivity index (χ4v) is 2.88. The van der Waals surface area contributed by atoms with E-state index >= 15 is 0 Å². The predicted octanol–water partition coefficient (Wildman–Crippen LogP) is 2.83. The van der Waals surface area contributed by atoms with E-state index in [-0.39, 0.29) is 0 Å². The first kappa shape index (κ1) is 11.1. The Balaban J connectivity index is 2.00. The summed E-state index contributed by atoms with van der Waals surface area (Å²) < 4.78 is 0. The van der Waals surface area contributed by atoms with Crippen molar-refractivity contribution in [2.75, 3.05) is 18.8 Å². The zero-order chi connectivity index (χ0) is 9.52. The highest BCUT2D eigenvalue weighted by molar-refractivity contribution is 8.00. The second-order valence-electron chi connectivity index (χ2n) is 3.75. The van der Waals surface area contributed by atoms with Crippen LogP contribution in [0.3, 0.4) is 0 Å². The first-order valence-electron chi connectivity index (χ1n) is 5.32. The van der Waals surface area contributed by atoms with Crippen LogP contribution >= 0.6 is 11.8 Å². The Labute approximate surface area is 86.4 Å². The lowest BCUT2D eigenvalue weighted by atomic mass is 10.3. The summed E-state index contributed by atoms with van der Waals surface area (Å²) >= 11 is 2.10. The molecule has 1 saturated carbocycles. The molecule has 0 unspecified atom stereocenters. The van der Waals surface area contributed by atoms with Crippen molar-refractivity contribution >= 4 is 11.8 Å². The largest absolute Gasteiger partial charge is 0.313 e. The van der Waals surface area contributed by atoms with Crippen LogP contribution in [-0.4, -0.2) is 24.1 Å². The maximum atomic E-state index is 4.07. The molecule has 0 amide bonds. The van der Waals surface area contributed by atoms with E-state index in [4.69, 9.17) is 0 Å². The van der Waals surface area contributed by atoms with Gasteiger partial charge in [-0.15, -0.1) is 0 Å². The van der Waals surface area contributed by atoms with Gasteiger partial charge < -0.3 is 5.32 Å².